The molecule has 0 N–H and O–H groups in total. The molecule has 0 aromatic carbocycles. The van der Waals surface area contributed by atoms with Crippen LogP contribution in [-0.4, -0.2) is 44.8 Å². The smallest absolute Gasteiger partial charge is 0.256 e. The molecule has 2 fully saturated rings. The lowest BCUT2D eigenvalue weighted by Gasteiger charge is -2.27. The lowest BCUT2D eigenvalue weighted by molar-refractivity contribution is 0.704. The van der Waals surface area contributed by atoms with E-state index in [1.807, 2.05) is 4.52 Å². The molecule has 0 spiro atoms. The summed E-state index contributed by atoms with van der Waals surface area (Å²) in [5.74, 6) is 2.90. The van der Waals surface area contributed by atoms with Crippen LogP contribution in [-0.2, 0) is 0 Å². The highest BCUT2D eigenvalue weighted by Gasteiger charge is 2.27. The van der Waals surface area contributed by atoms with Gasteiger partial charge in [0.1, 0.15) is 18.0 Å². The quantitative estimate of drug-likeness (QED) is 0.846. The van der Waals surface area contributed by atoms with Crippen LogP contribution >= 0.6 is 0 Å². The normalized spacial score (nSPS) is 26.2. The lowest BCUT2D eigenvalue weighted by Crippen LogP contribution is -2.31. The molecule has 4 heterocycles. The molecule has 112 valence electrons. The highest BCUT2D eigenvalue weighted by Crippen LogP contribution is 2.30. The van der Waals surface area contributed by atoms with Crippen molar-refractivity contribution in [2.45, 2.75) is 51.6 Å². The van der Waals surface area contributed by atoms with E-state index >= 15 is 0 Å². The van der Waals surface area contributed by atoms with Crippen LogP contribution in [0.15, 0.2) is 12.4 Å². The van der Waals surface area contributed by atoms with Crippen molar-refractivity contribution >= 4 is 17.4 Å². The lowest BCUT2D eigenvalue weighted by atomic mass is 10.2. The summed E-state index contributed by atoms with van der Waals surface area (Å²) >= 11 is 0. The maximum Gasteiger partial charge on any atom is 0.256 e. The summed E-state index contributed by atoms with van der Waals surface area (Å²) in [7, 11) is 0. The van der Waals surface area contributed by atoms with Crippen molar-refractivity contribution in [1.29, 1.82) is 0 Å². The molecule has 2 atom stereocenters. The SMILES string of the molecule is C[C@H]1CCCN1c1cc(N2CCC[C@@H]2C)n2ncnc2n1. The van der Waals surface area contributed by atoms with Gasteiger partial charge in [0.05, 0.1) is 0 Å². The highest BCUT2D eigenvalue weighted by molar-refractivity contribution is 5.58. The van der Waals surface area contributed by atoms with Crippen LogP contribution in [0.2, 0.25) is 0 Å². The highest BCUT2D eigenvalue weighted by atomic mass is 15.4. The molecule has 6 heteroatoms. The Bertz CT molecular complexity index is 651. The van der Waals surface area contributed by atoms with Crippen molar-refractivity contribution < 1.29 is 0 Å². The van der Waals surface area contributed by atoms with E-state index < -0.39 is 0 Å². The fourth-order valence-electron chi connectivity index (χ4n) is 3.68. The average molecular weight is 286 g/mol. The van der Waals surface area contributed by atoms with Crippen LogP contribution in [0, 0.1) is 0 Å². The largest absolute Gasteiger partial charge is 0.354 e. The number of anilines is 2. The van der Waals surface area contributed by atoms with Gasteiger partial charge in [-0.05, 0) is 39.5 Å². The Hall–Kier alpha value is -1.85. The van der Waals surface area contributed by atoms with Crippen molar-refractivity contribution in [1.82, 2.24) is 19.6 Å². The number of rotatable bonds is 2. The van der Waals surface area contributed by atoms with E-state index in [0.717, 1.165) is 24.7 Å². The minimum Gasteiger partial charge on any atom is -0.354 e. The predicted molar refractivity (Wildman–Crippen MR) is 82.9 cm³/mol. The summed E-state index contributed by atoms with van der Waals surface area (Å²) in [5, 5.41) is 4.37. The number of hydrogen-bond acceptors (Lipinski definition) is 5. The Morgan fingerprint density at radius 1 is 1.05 bits per heavy atom. The van der Waals surface area contributed by atoms with Crippen LogP contribution in [0.25, 0.3) is 5.78 Å². The maximum absolute atomic E-state index is 4.71. The second-order valence-electron chi connectivity index (χ2n) is 6.31. The van der Waals surface area contributed by atoms with E-state index in [-0.39, 0.29) is 0 Å². The number of nitrogens with zero attached hydrogens (tertiary/aromatic N) is 6. The minimum atomic E-state index is 0.559. The van der Waals surface area contributed by atoms with Crippen LogP contribution in [0.4, 0.5) is 11.6 Å². The molecule has 6 nitrogen and oxygen atoms in total. The third-order valence-electron chi connectivity index (χ3n) is 4.91. The van der Waals surface area contributed by atoms with E-state index in [1.54, 1.807) is 6.33 Å². The molecule has 2 aliphatic rings. The first-order chi connectivity index (χ1) is 10.2. The Labute approximate surface area is 124 Å². The summed E-state index contributed by atoms with van der Waals surface area (Å²) < 4.78 is 1.88. The molecule has 0 radical (unpaired) electrons. The van der Waals surface area contributed by atoms with E-state index in [2.05, 4.69) is 39.8 Å². The molecular weight excluding hydrogens is 264 g/mol. The summed E-state index contributed by atoms with van der Waals surface area (Å²) in [6.45, 7) is 6.75. The van der Waals surface area contributed by atoms with Gasteiger partial charge in [-0.2, -0.15) is 19.6 Å². The van der Waals surface area contributed by atoms with Gasteiger partial charge in [-0.1, -0.05) is 0 Å². The number of aromatic nitrogens is 4. The van der Waals surface area contributed by atoms with Crippen molar-refractivity contribution in [2.75, 3.05) is 22.9 Å². The Morgan fingerprint density at radius 3 is 2.43 bits per heavy atom. The fourth-order valence-corrected chi connectivity index (χ4v) is 3.68. The van der Waals surface area contributed by atoms with Gasteiger partial charge < -0.3 is 9.80 Å². The van der Waals surface area contributed by atoms with E-state index in [4.69, 9.17) is 4.98 Å². The van der Waals surface area contributed by atoms with Gasteiger partial charge in [0.2, 0.25) is 0 Å². The third kappa shape index (κ3) is 2.04. The van der Waals surface area contributed by atoms with Gasteiger partial charge in [0.15, 0.2) is 0 Å². The van der Waals surface area contributed by atoms with Gasteiger partial charge in [0.25, 0.3) is 5.78 Å². The second-order valence-corrected chi connectivity index (χ2v) is 6.31. The number of fused-ring (bicyclic) bond motifs is 1. The standard InChI is InChI=1S/C15H22N6/c1-11-5-3-7-19(11)13-9-14(20-8-4-6-12(20)2)21-15(18-13)16-10-17-21/h9-12H,3-8H2,1-2H3/t11-,12-/m0/s1. The van der Waals surface area contributed by atoms with Crippen molar-refractivity contribution in [2.24, 2.45) is 0 Å². The van der Waals surface area contributed by atoms with Gasteiger partial charge in [-0.3, -0.25) is 0 Å². The van der Waals surface area contributed by atoms with Gasteiger partial charge >= 0.3 is 0 Å². The van der Waals surface area contributed by atoms with Gasteiger partial charge in [0, 0.05) is 31.2 Å². The first-order valence-corrected chi connectivity index (χ1v) is 7.98. The molecule has 0 bridgehead atoms. The summed E-state index contributed by atoms with van der Waals surface area (Å²) in [5.41, 5.74) is 0. The molecule has 0 aliphatic carbocycles. The first-order valence-electron chi connectivity index (χ1n) is 7.98. The molecule has 2 aliphatic heterocycles. The molecule has 2 saturated heterocycles. The number of hydrogen-bond donors (Lipinski definition) is 0. The van der Waals surface area contributed by atoms with Crippen LogP contribution in [0.3, 0.4) is 0 Å². The Kier molecular flexibility index (Phi) is 2.97. The van der Waals surface area contributed by atoms with E-state index in [0.29, 0.717) is 17.9 Å². The molecule has 0 saturated carbocycles. The zero-order valence-electron chi connectivity index (χ0n) is 12.7. The zero-order chi connectivity index (χ0) is 14.4. The van der Waals surface area contributed by atoms with Gasteiger partial charge in [-0.25, -0.2) is 0 Å². The van der Waals surface area contributed by atoms with Crippen molar-refractivity contribution in [3.8, 4) is 0 Å². The maximum atomic E-state index is 4.71. The Morgan fingerprint density at radius 2 is 1.76 bits per heavy atom. The van der Waals surface area contributed by atoms with Crippen molar-refractivity contribution in [3.63, 3.8) is 0 Å². The predicted octanol–water partition coefficient (Wildman–Crippen LogP) is 2.10. The molecule has 0 unspecified atom stereocenters. The molecular formula is C15H22N6. The van der Waals surface area contributed by atoms with Crippen LogP contribution in [0.5, 0.6) is 0 Å². The minimum absolute atomic E-state index is 0.559. The summed E-state index contributed by atoms with van der Waals surface area (Å²) in [6, 6.07) is 3.32. The zero-order valence-corrected chi connectivity index (χ0v) is 12.7. The van der Waals surface area contributed by atoms with Crippen LogP contribution < -0.4 is 9.80 Å². The van der Waals surface area contributed by atoms with Crippen molar-refractivity contribution in [3.05, 3.63) is 12.4 Å². The molecule has 2 aromatic heterocycles. The summed E-state index contributed by atoms with van der Waals surface area (Å²) in [6.07, 6.45) is 6.58. The fraction of sp³-hybridized carbons (Fsp3) is 0.667. The molecule has 0 amide bonds. The first kappa shape index (κ1) is 12.9. The second kappa shape index (κ2) is 4.86. The summed E-state index contributed by atoms with van der Waals surface area (Å²) in [4.78, 5) is 13.9. The van der Waals surface area contributed by atoms with Gasteiger partial charge in [-0.15, -0.1) is 0 Å². The van der Waals surface area contributed by atoms with E-state index in [9.17, 15) is 0 Å². The average Bonchev–Trinajstić information content (AvgIpc) is 3.17. The van der Waals surface area contributed by atoms with E-state index in [1.165, 1.54) is 25.7 Å². The third-order valence-corrected chi connectivity index (χ3v) is 4.91. The molecule has 4 rings (SSSR count). The Balaban J connectivity index is 1.82. The molecule has 2 aromatic rings. The topological polar surface area (TPSA) is 49.6 Å². The molecule has 21 heavy (non-hydrogen) atoms. The van der Waals surface area contributed by atoms with Crippen LogP contribution in [0.1, 0.15) is 39.5 Å². The monoisotopic (exact) mass is 286 g/mol.